The average Bonchev–Trinajstić information content (AvgIpc) is 2.47. The van der Waals surface area contributed by atoms with Crippen LogP contribution in [0.1, 0.15) is 63.7 Å². The Balaban J connectivity index is 2.88. The summed E-state index contributed by atoms with van der Waals surface area (Å²) in [5.41, 5.74) is 1.20. The highest BCUT2D eigenvalue weighted by atomic mass is 16.2. The fourth-order valence-corrected chi connectivity index (χ4v) is 2.51. The van der Waals surface area contributed by atoms with Crippen LogP contribution in [0.25, 0.3) is 0 Å². The minimum Gasteiger partial charge on any atom is -0.325 e. The minimum atomic E-state index is -0.0282. The maximum absolute atomic E-state index is 12.6. The lowest BCUT2D eigenvalue weighted by molar-refractivity contribution is -0.121. The summed E-state index contributed by atoms with van der Waals surface area (Å²) in [5.74, 6) is 0.363. The van der Waals surface area contributed by atoms with Crippen LogP contribution < -0.4 is 5.32 Å². The number of ketones is 1. The van der Waals surface area contributed by atoms with Gasteiger partial charge in [-0.3, -0.25) is 9.59 Å². The number of unbranched alkanes of at least 4 members (excludes halogenated alkanes) is 1. The zero-order valence-electron chi connectivity index (χ0n) is 13.6. The maximum atomic E-state index is 12.6. The molecule has 21 heavy (non-hydrogen) atoms. The molecular formula is C18H27NO2. The Kier molecular flexibility index (Phi) is 7.13. The molecule has 2 atom stereocenters. The normalized spacial score (nSPS) is 13.5. The maximum Gasteiger partial charge on any atom is 0.227 e. The molecule has 0 radical (unpaired) electrons. The standard InChI is InChI=1S/C18H27NO2/c1-5-7-10-15(13(3)6-2)18(21)19-17-12-9-8-11-16(17)14(4)20/h8-9,11-13,15H,5-7,10H2,1-4H3,(H,19,21). The molecule has 116 valence electrons. The zero-order valence-corrected chi connectivity index (χ0v) is 13.6. The zero-order chi connectivity index (χ0) is 15.8. The molecule has 1 aromatic rings. The third-order valence-corrected chi connectivity index (χ3v) is 4.10. The van der Waals surface area contributed by atoms with Crippen molar-refractivity contribution in [3.05, 3.63) is 29.8 Å². The van der Waals surface area contributed by atoms with Crippen molar-refractivity contribution in [2.45, 2.75) is 53.4 Å². The van der Waals surface area contributed by atoms with Crippen molar-refractivity contribution in [1.29, 1.82) is 0 Å². The van der Waals surface area contributed by atoms with E-state index in [1.807, 2.05) is 12.1 Å². The molecule has 3 heteroatoms. The largest absolute Gasteiger partial charge is 0.325 e. The molecule has 0 aliphatic rings. The highest BCUT2D eigenvalue weighted by Crippen LogP contribution is 2.24. The fourth-order valence-electron chi connectivity index (χ4n) is 2.51. The van der Waals surface area contributed by atoms with Crippen LogP contribution in [0.4, 0.5) is 5.69 Å². The van der Waals surface area contributed by atoms with Crippen LogP contribution in [0, 0.1) is 11.8 Å². The summed E-state index contributed by atoms with van der Waals surface area (Å²) in [4.78, 5) is 24.2. The van der Waals surface area contributed by atoms with Gasteiger partial charge in [-0.05, 0) is 31.4 Å². The first-order valence-electron chi connectivity index (χ1n) is 7.92. The predicted molar refractivity (Wildman–Crippen MR) is 87.5 cm³/mol. The number of rotatable bonds is 8. The van der Waals surface area contributed by atoms with Gasteiger partial charge in [0.1, 0.15) is 0 Å². The molecule has 3 nitrogen and oxygen atoms in total. The van der Waals surface area contributed by atoms with Crippen LogP contribution >= 0.6 is 0 Å². The first-order valence-corrected chi connectivity index (χ1v) is 7.92. The summed E-state index contributed by atoms with van der Waals surface area (Å²) in [6.45, 7) is 7.89. The second-order valence-electron chi connectivity index (χ2n) is 5.73. The summed E-state index contributed by atoms with van der Waals surface area (Å²) < 4.78 is 0. The van der Waals surface area contributed by atoms with Gasteiger partial charge in [0.05, 0.1) is 5.69 Å². The smallest absolute Gasteiger partial charge is 0.227 e. The third-order valence-electron chi connectivity index (χ3n) is 4.10. The Morgan fingerprint density at radius 1 is 1.19 bits per heavy atom. The lowest BCUT2D eigenvalue weighted by Gasteiger charge is -2.22. The molecule has 0 bridgehead atoms. The SMILES string of the molecule is CCCCC(C(=O)Nc1ccccc1C(C)=O)C(C)CC. The Bertz CT molecular complexity index is 482. The van der Waals surface area contributed by atoms with Crippen LogP contribution in [0.3, 0.4) is 0 Å². The summed E-state index contributed by atoms with van der Waals surface area (Å²) in [5, 5.41) is 2.96. The Morgan fingerprint density at radius 2 is 1.86 bits per heavy atom. The van der Waals surface area contributed by atoms with Crippen LogP contribution in [0.15, 0.2) is 24.3 Å². The molecule has 1 rings (SSSR count). The topological polar surface area (TPSA) is 46.2 Å². The Labute approximate surface area is 128 Å². The highest BCUT2D eigenvalue weighted by Gasteiger charge is 2.24. The van der Waals surface area contributed by atoms with Crippen molar-refractivity contribution in [1.82, 2.24) is 0 Å². The number of nitrogens with one attached hydrogen (secondary N) is 1. The van der Waals surface area contributed by atoms with Gasteiger partial charge < -0.3 is 5.32 Å². The number of anilines is 1. The number of benzene rings is 1. The molecule has 1 aromatic carbocycles. The van der Waals surface area contributed by atoms with E-state index in [2.05, 4.69) is 26.1 Å². The van der Waals surface area contributed by atoms with Crippen molar-refractivity contribution in [2.24, 2.45) is 11.8 Å². The van der Waals surface area contributed by atoms with Gasteiger partial charge in [0, 0.05) is 11.5 Å². The van der Waals surface area contributed by atoms with Crippen LogP contribution in [0.2, 0.25) is 0 Å². The molecule has 1 N–H and O–H groups in total. The first kappa shape index (κ1) is 17.4. The molecule has 0 fully saturated rings. The van der Waals surface area contributed by atoms with Gasteiger partial charge in [-0.15, -0.1) is 0 Å². The molecule has 0 saturated heterocycles. The molecule has 0 aliphatic carbocycles. The van der Waals surface area contributed by atoms with E-state index in [-0.39, 0.29) is 17.6 Å². The van der Waals surface area contributed by atoms with Gasteiger partial charge in [0.25, 0.3) is 0 Å². The molecule has 0 saturated carbocycles. The highest BCUT2D eigenvalue weighted by molar-refractivity contribution is 6.04. The number of carbonyl (C=O) groups is 2. The minimum absolute atomic E-state index is 0.00923. The van der Waals surface area contributed by atoms with E-state index < -0.39 is 0 Å². The number of para-hydroxylation sites is 1. The second-order valence-corrected chi connectivity index (χ2v) is 5.73. The van der Waals surface area contributed by atoms with E-state index in [0.29, 0.717) is 17.2 Å². The lowest BCUT2D eigenvalue weighted by Crippen LogP contribution is -2.28. The number of carbonyl (C=O) groups excluding carboxylic acids is 2. The number of amides is 1. The summed E-state index contributed by atoms with van der Waals surface area (Å²) in [7, 11) is 0. The van der Waals surface area contributed by atoms with E-state index >= 15 is 0 Å². The van der Waals surface area contributed by atoms with Gasteiger partial charge in [0.15, 0.2) is 5.78 Å². The van der Waals surface area contributed by atoms with E-state index in [9.17, 15) is 9.59 Å². The third kappa shape index (κ3) is 5.00. The lowest BCUT2D eigenvalue weighted by atomic mass is 9.86. The molecule has 2 unspecified atom stereocenters. The van der Waals surface area contributed by atoms with Crippen LogP contribution in [-0.4, -0.2) is 11.7 Å². The van der Waals surface area contributed by atoms with E-state index in [1.165, 1.54) is 6.92 Å². The Morgan fingerprint density at radius 3 is 2.43 bits per heavy atom. The van der Waals surface area contributed by atoms with Gasteiger partial charge in [-0.1, -0.05) is 52.2 Å². The van der Waals surface area contributed by atoms with Gasteiger partial charge >= 0.3 is 0 Å². The molecular weight excluding hydrogens is 262 g/mol. The van der Waals surface area contributed by atoms with E-state index in [4.69, 9.17) is 0 Å². The van der Waals surface area contributed by atoms with Crippen molar-refractivity contribution in [3.8, 4) is 0 Å². The van der Waals surface area contributed by atoms with Crippen molar-refractivity contribution in [3.63, 3.8) is 0 Å². The first-order chi connectivity index (χ1) is 10.0. The van der Waals surface area contributed by atoms with Crippen molar-refractivity contribution >= 4 is 17.4 Å². The number of Topliss-reactive ketones (excluding diaryl/α,β-unsaturated/α-hetero) is 1. The number of hydrogen-bond donors (Lipinski definition) is 1. The van der Waals surface area contributed by atoms with Crippen LogP contribution in [-0.2, 0) is 4.79 Å². The fraction of sp³-hybridized carbons (Fsp3) is 0.556. The summed E-state index contributed by atoms with van der Waals surface area (Å²) in [6, 6.07) is 7.20. The molecule has 0 heterocycles. The van der Waals surface area contributed by atoms with Gasteiger partial charge in [-0.2, -0.15) is 0 Å². The summed E-state index contributed by atoms with van der Waals surface area (Å²) in [6.07, 6.45) is 4.02. The van der Waals surface area contributed by atoms with Crippen molar-refractivity contribution in [2.75, 3.05) is 5.32 Å². The monoisotopic (exact) mass is 289 g/mol. The average molecular weight is 289 g/mol. The van der Waals surface area contributed by atoms with E-state index in [1.54, 1.807) is 12.1 Å². The van der Waals surface area contributed by atoms with Crippen molar-refractivity contribution < 1.29 is 9.59 Å². The molecule has 0 aromatic heterocycles. The Hall–Kier alpha value is -1.64. The quantitative estimate of drug-likeness (QED) is 0.706. The molecule has 1 amide bonds. The molecule has 0 aliphatic heterocycles. The number of hydrogen-bond acceptors (Lipinski definition) is 2. The van der Waals surface area contributed by atoms with Gasteiger partial charge in [0.2, 0.25) is 5.91 Å². The van der Waals surface area contributed by atoms with Crippen LogP contribution in [0.5, 0.6) is 0 Å². The molecule has 0 spiro atoms. The predicted octanol–water partition coefficient (Wildman–Crippen LogP) is 4.68. The van der Waals surface area contributed by atoms with E-state index in [0.717, 1.165) is 25.7 Å². The second kappa shape index (κ2) is 8.60. The summed E-state index contributed by atoms with van der Waals surface area (Å²) >= 11 is 0. The van der Waals surface area contributed by atoms with Gasteiger partial charge in [-0.25, -0.2) is 0 Å².